The van der Waals surface area contributed by atoms with E-state index in [-0.39, 0.29) is 0 Å². The molecule has 1 aliphatic heterocycles. The van der Waals surface area contributed by atoms with Crippen LogP contribution in [0.2, 0.25) is 0 Å². The lowest BCUT2D eigenvalue weighted by Crippen LogP contribution is -2.48. The summed E-state index contributed by atoms with van der Waals surface area (Å²) >= 11 is 5.75. The van der Waals surface area contributed by atoms with Crippen molar-refractivity contribution in [2.24, 2.45) is 0 Å². The zero-order chi connectivity index (χ0) is 21.8. The van der Waals surface area contributed by atoms with E-state index in [0.717, 1.165) is 54.7 Å². The molecular weight excluding hydrogens is 412 g/mol. The minimum atomic E-state index is 0.776. The lowest BCUT2D eigenvalue weighted by atomic mass is 10.0. The molecule has 1 fully saturated rings. The second-order valence-corrected chi connectivity index (χ2v) is 8.52. The van der Waals surface area contributed by atoms with Gasteiger partial charge in [0.15, 0.2) is 5.76 Å². The first-order valence-corrected chi connectivity index (χ1v) is 11.5. The van der Waals surface area contributed by atoms with Crippen molar-refractivity contribution in [3.05, 3.63) is 114 Å². The molecule has 1 aliphatic rings. The smallest absolute Gasteiger partial charge is 0.162 e. The molecule has 32 heavy (non-hydrogen) atoms. The van der Waals surface area contributed by atoms with E-state index in [2.05, 4.69) is 76.5 Å². The number of benzene rings is 3. The summed E-state index contributed by atoms with van der Waals surface area (Å²) < 4.78 is 6.06. The standard InChI is InChI=1S/C28H26N2OS/c32-28(27-16-15-26(31-27)24-9-5-2-6-10-24)30-19-17-29(18-20-30)25-13-11-23(12-14-25)21-22-7-3-1-4-8-22/h1-16H,17-21H2. The van der Waals surface area contributed by atoms with Crippen LogP contribution in [0.15, 0.2) is 101 Å². The van der Waals surface area contributed by atoms with Gasteiger partial charge in [0.1, 0.15) is 10.7 Å². The maximum Gasteiger partial charge on any atom is 0.162 e. The summed E-state index contributed by atoms with van der Waals surface area (Å²) in [6.07, 6.45) is 0.970. The quantitative estimate of drug-likeness (QED) is 0.354. The van der Waals surface area contributed by atoms with E-state index in [1.807, 2.05) is 30.3 Å². The molecule has 0 spiro atoms. The van der Waals surface area contributed by atoms with Gasteiger partial charge in [-0.25, -0.2) is 0 Å². The number of rotatable bonds is 5. The zero-order valence-corrected chi connectivity index (χ0v) is 18.8. The van der Waals surface area contributed by atoms with Gasteiger partial charge in [0, 0.05) is 37.4 Å². The Bertz CT molecular complexity index is 1160. The van der Waals surface area contributed by atoms with Gasteiger partial charge in [0.2, 0.25) is 0 Å². The maximum atomic E-state index is 6.06. The Morgan fingerprint density at radius 2 is 1.31 bits per heavy atom. The molecule has 3 aromatic carbocycles. The van der Waals surface area contributed by atoms with Crippen molar-refractivity contribution < 1.29 is 4.42 Å². The molecule has 0 radical (unpaired) electrons. The van der Waals surface area contributed by atoms with Crippen molar-refractivity contribution in [1.29, 1.82) is 0 Å². The summed E-state index contributed by atoms with van der Waals surface area (Å²) in [7, 11) is 0. The van der Waals surface area contributed by atoms with Crippen LogP contribution in [0.4, 0.5) is 5.69 Å². The molecule has 0 saturated carbocycles. The van der Waals surface area contributed by atoms with Crippen LogP contribution in [-0.2, 0) is 6.42 Å². The zero-order valence-electron chi connectivity index (χ0n) is 18.0. The summed E-state index contributed by atoms with van der Waals surface area (Å²) in [5, 5.41) is 0. The Kier molecular flexibility index (Phi) is 6.04. The number of piperazine rings is 1. The van der Waals surface area contributed by atoms with Crippen molar-refractivity contribution in [2.45, 2.75) is 6.42 Å². The predicted molar refractivity (Wildman–Crippen MR) is 135 cm³/mol. The molecule has 5 rings (SSSR count). The highest BCUT2D eigenvalue weighted by Gasteiger charge is 2.22. The van der Waals surface area contributed by atoms with Crippen molar-refractivity contribution in [3.63, 3.8) is 0 Å². The van der Waals surface area contributed by atoms with E-state index in [9.17, 15) is 0 Å². The highest BCUT2D eigenvalue weighted by molar-refractivity contribution is 7.80. The van der Waals surface area contributed by atoms with Crippen molar-refractivity contribution in [2.75, 3.05) is 31.1 Å². The number of hydrogen-bond acceptors (Lipinski definition) is 3. The van der Waals surface area contributed by atoms with E-state index in [0.29, 0.717) is 0 Å². The maximum absolute atomic E-state index is 6.06. The first kappa shape index (κ1) is 20.5. The second kappa shape index (κ2) is 9.41. The van der Waals surface area contributed by atoms with Crippen LogP contribution in [-0.4, -0.2) is 36.1 Å². The summed E-state index contributed by atoms with van der Waals surface area (Å²) in [5.74, 6) is 1.63. The second-order valence-electron chi connectivity index (χ2n) is 8.14. The molecule has 0 bridgehead atoms. The first-order valence-electron chi connectivity index (χ1n) is 11.1. The summed E-state index contributed by atoms with van der Waals surface area (Å²) in [6, 6.07) is 33.7. The summed E-state index contributed by atoms with van der Waals surface area (Å²) in [6.45, 7) is 3.69. The largest absolute Gasteiger partial charge is 0.454 e. The van der Waals surface area contributed by atoms with Gasteiger partial charge in [-0.3, -0.25) is 0 Å². The summed E-state index contributed by atoms with van der Waals surface area (Å²) in [5.41, 5.74) is 5.03. The third-order valence-electron chi connectivity index (χ3n) is 5.99. The average molecular weight is 439 g/mol. The van der Waals surface area contributed by atoms with Crippen LogP contribution >= 0.6 is 12.2 Å². The molecule has 0 aliphatic carbocycles. The minimum absolute atomic E-state index is 0.776. The molecule has 0 atom stereocenters. The summed E-state index contributed by atoms with van der Waals surface area (Å²) in [4.78, 5) is 5.48. The number of anilines is 1. The Hall–Kier alpha value is -3.37. The number of thiocarbonyl (C=S) groups is 1. The van der Waals surface area contributed by atoms with Crippen LogP contribution < -0.4 is 4.90 Å². The Balaban J connectivity index is 1.18. The molecule has 2 heterocycles. The third kappa shape index (κ3) is 4.61. The van der Waals surface area contributed by atoms with Crippen LogP contribution in [0.3, 0.4) is 0 Å². The fraction of sp³-hybridized carbons (Fsp3) is 0.179. The van der Waals surface area contributed by atoms with E-state index in [4.69, 9.17) is 16.6 Å². The highest BCUT2D eigenvalue weighted by atomic mass is 32.1. The highest BCUT2D eigenvalue weighted by Crippen LogP contribution is 2.24. The fourth-order valence-corrected chi connectivity index (χ4v) is 4.48. The van der Waals surface area contributed by atoms with Gasteiger partial charge in [-0.2, -0.15) is 0 Å². The minimum Gasteiger partial charge on any atom is -0.454 e. The molecule has 4 heteroatoms. The molecule has 0 N–H and O–H groups in total. The fourth-order valence-electron chi connectivity index (χ4n) is 4.19. The lowest BCUT2D eigenvalue weighted by molar-refractivity contribution is 0.385. The molecule has 0 unspecified atom stereocenters. The van der Waals surface area contributed by atoms with Crippen LogP contribution in [0.1, 0.15) is 16.9 Å². The van der Waals surface area contributed by atoms with E-state index < -0.39 is 0 Å². The van der Waals surface area contributed by atoms with Gasteiger partial charge in [-0.05, 0) is 41.8 Å². The van der Waals surface area contributed by atoms with Crippen LogP contribution in [0.25, 0.3) is 11.3 Å². The number of furan rings is 1. The molecule has 3 nitrogen and oxygen atoms in total. The van der Waals surface area contributed by atoms with Gasteiger partial charge in [0.25, 0.3) is 0 Å². The van der Waals surface area contributed by atoms with Crippen molar-refractivity contribution in [3.8, 4) is 11.3 Å². The van der Waals surface area contributed by atoms with Gasteiger partial charge < -0.3 is 14.2 Å². The molecule has 1 aromatic heterocycles. The van der Waals surface area contributed by atoms with Crippen molar-refractivity contribution >= 4 is 22.9 Å². The topological polar surface area (TPSA) is 19.6 Å². The van der Waals surface area contributed by atoms with Gasteiger partial charge in [0.05, 0.1) is 0 Å². The lowest BCUT2D eigenvalue weighted by Gasteiger charge is -2.37. The molecule has 160 valence electrons. The first-order chi connectivity index (χ1) is 15.8. The van der Waals surface area contributed by atoms with Gasteiger partial charge >= 0.3 is 0 Å². The van der Waals surface area contributed by atoms with E-state index >= 15 is 0 Å². The van der Waals surface area contributed by atoms with Gasteiger partial charge in [-0.1, -0.05) is 85.0 Å². The monoisotopic (exact) mass is 438 g/mol. The van der Waals surface area contributed by atoms with E-state index in [1.165, 1.54) is 16.8 Å². The third-order valence-corrected chi connectivity index (χ3v) is 6.45. The van der Waals surface area contributed by atoms with E-state index in [1.54, 1.807) is 0 Å². The number of hydrogen-bond donors (Lipinski definition) is 0. The molecule has 4 aromatic rings. The van der Waals surface area contributed by atoms with Crippen LogP contribution in [0.5, 0.6) is 0 Å². The van der Waals surface area contributed by atoms with Crippen LogP contribution in [0, 0.1) is 0 Å². The normalized spacial score (nSPS) is 13.9. The SMILES string of the molecule is S=C(c1ccc(-c2ccccc2)o1)N1CCN(c2ccc(Cc3ccccc3)cc2)CC1. The molecule has 1 saturated heterocycles. The van der Waals surface area contributed by atoms with Crippen molar-refractivity contribution in [1.82, 2.24) is 4.90 Å². The Morgan fingerprint density at radius 3 is 2.00 bits per heavy atom. The number of nitrogens with zero attached hydrogens (tertiary/aromatic N) is 2. The molecular formula is C28H26N2OS. The molecule has 0 amide bonds. The average Bonchev–Trinajstić information content (AvgIpc) is 3.36. The predicted octanol–water partition coefficient (Wildman–Crippen LogP) is 6.04. The Morgan fingerprint density at radius 1 is 0.688 bits per heavy atom. The Labute approximate surface area is 194 Å². The van der Waals surface area contributed by atoms with Gasteiger partial charge in [-0.15, -0.1) is 0 Å².